The summed E-state index contributed by atoms with van der Waals surface area (Å²) in [4.78, 5) is 27.3. The molecule has 1 saturated heterocycles. The van der Waals surface area contributed by atoms with E-state index in [1.807, 2.05) is 54.6 Å². The molecule has 0 saturated carbocycles. The number of carbonyl (C=O) groups is 2. The molecule has 188 valence electrons. The van der Waals surface area contributed by atoms with Crippen molar-refractivity contribution in [3.05, 3.63) is 60.2 Å². The Morgan fingerprint density at radius 3 is 2.41 bits per heavy atom. The maximum absolute atomic E-state index is 13.1. The first-order valence-electron chi connectivity index (χ1n) is 11.2. The molecule has 0 radical (unpaired) electrons. The molecule has 2 rings (SSSR count). The minimum atomic E-state index is -1.39. The molecule has 7 nitrogen and oxygen atoms in total. The minimum absolute atomic E-state index is 0.0144. The van der Waals surface area contributed by atoms with Crippen LogP contribution < -0.4 is 5.32 Å². The number of alkyl halides is 2. The number of rotatable bonds is 9. The average Bonchev–Trinajstić information content (AvgIpc) is 3.04. The Balaban J connectivity index is 2.30. The lowest BCUT2D eigenvalue weighted by atomic mass is 9.89. The molecular formula is C25H34Br2N2O5. The van der Waals surface area contributed by atoms with E-state index in [4.69, 9.17) is 9.47 Å². The molecule has 0 bridgehead atoms. The van der Waals surface area contributed by atoms with E-state index in [1.165, 1.54) is 4.90 Å². The van der Waals surface area contributed by atoms with E-state index in [0.29, 0.717) is 17.1 Å². The summed E-state index contributed by atoms with van der Waals surface area (Å²) >= 11 is 6.70. The normalized spacial score (nSPS) is 22.9. The lowest BCUT2D eigenvalue weighted by molar-refractivity contribution is 0.0132. The van der Waals surface area contributed by atoms with Crippen molar-refractivity contribution in [3.63, 3.8) is 0 Å². The Morgan fingerprint density at radius 1 is 1.15 bits per heavy atom. The predicted molar refractivity (Wildman–Crippen MR) is 140 cm³/mol. The van der Waals surface area contributed by atoms with Crippen LogP contribution in [0.5, 0.6) is 0 Å². The number of nitrogens with one attached hydrogen (secondary N) is 1. The van der Waals surface area contributed by atoms with E-state index < -0.39 is 35.5 Å². The van der Waals surface area contributed by atoms with E-state index in [9.17, 15) is 14.7 Å². The van der Waals surface area contributed by atoms with Gasteiger partial charge in [0.15, 0.2) is 0 Å². The Bertz CT molecular complexity index is 857. The summed E-state index contributed by atoms with van der Waals surface area (Å²) in [7, 11) is 0. The van der Waals surface area contributed by atoms with Crippen LogP contribution in [0.15, 0.2) is 54.6 Å². The van der Waals surface area contributed by atoms with Gasteiger partial charge >= 0.3 is 12.2 Å². The highest BCUT2D eigenvalue weighted by Crippen LogP contribution is 2.34. The molecule has 1 aromatic carbocycles. The second-order valence-electron chi connectivity index (χ2n) is 9.15. The van der Waals surface area contributed by atoms with Crippen molar-refractivity contribution in [3.8, 4) is 0 Å². The molecule has 2 amide bonds. The number of nitrogens with zero attached hydrogens (tertiary/aromatic N) is 1. The zero-order valence-corrected chi connectivity index (χ0v) is 23.0. The second kappa shape index (κ2) is 13.3. The summed E-state index contributed by atoms with van der Waals surface area (Å²) in [6, 6.07) is 8.13. The SMILES string of the molecule is CC(C)(C)OC(=O)NC1C(C/C=C/CBr)N(C(=O)OCc2ccccc2)CC1(O)C/C=C/CBr. The average molecular weight is 602 g/mol. The van der Waals surface area contributed by atoms with Gasteiger partial charge in [-0.3, -0.25) is 4.90 Å². The first-order valence-corrected chi connectivity index (χ1v) is 13.4. The van der Waals surface area contributed by atoms with E-state index in [2.05, 4.69) is 37.2 Å². The monoisotopic (exact) mass is 600 g/mol. The number of benzene rings is 1. The summed E-state index contributed by atoms with van der Waals surface area (Å²) in [5.41, 5.74) is -1.23. The highest BCUT2D eigenvalue weighted by atomic mass is 79.9. The number of aliphatic hydroxyl groups is 1. The first-order chi connectivity index (χ1) is 16.1. The Kier molecular flexibility index (Phi) is 11.1. The zero-order valence-electron chi connectivity index (χ0n) is 19.9. The van der Waals surface area contributed by atoms with E-state index in [-0.39, 0.29) is 19.6 Å². The van der Waals surface area contributed by atoms with Crippen molar-refractivity contribution in [2.45, 2.75) is 63.5 Å². The molecule has 1 aromatic rings. The summed E-state index contributed by atoms with van der Waals surface area (Å²) in [6.07, 6.45) is 7.03. The van der Waals surface area contributed by atoms with Gasteiger partial charge in [-0.25, -0.2) is 9.59 Å². The van der Waals surface area contributed by atoms with Crippen LogP contribution >= 0.6 is 31.9 Å². The molecule has 3 unspecified atom stereocenters. The highest BCUT2D eigenvalue weighted by molar-refractivity contribution is 9.09. The predicted octanol–water partition coefficient (Wildman–Crippen LogP) is 5.31. The van der Waals surface area contributed by atoms with Crippen molar-refractivity contribution >= 4 is 44.0 Å². The van der Waals surface area contributed by atoms with Crippen molar-refractivity contribution in [2.75, 3.05) is 17.2 Å². The molecule has 1 fully saturated rings. The quantitative estimate of drug-likeness (QED) is 0.296. The summed E-state index contributed by atoms with van der Waals surface area (Å²) in [5, 5.41) is 15.8. The number of allylic oxidation sites excluding steroid dienone is 2. The third-order valence-corrected chi connectivity index (χ3v) is 6.03. The molecule has 1 heterocycles. The molecule has 0 aromatic heterocycles. The van der Waals surface area contributed by atoms with Crippen LogP contribution in [0.1, 0.15) is 39.2 Å². The molecule has 1 aliphatic heterocycles. The number of likely N-dealkylation sites (tertiary alicyclic amines) is 1. The van der Waals surface area contributed by atoms with Gasteiger partial charge in [-0.2, -0.15) is 0 Å². The van der Waals surface area contributed by atoms with Crippen LogP contribution in [0.4, 0.5) is 9.59 Å². The molecule has 1 aliphatic rings. The van der Waals surface area contributed by atoms with Gasteiger partial charge in [0.2, 0.25) is 0 Å². The van der Waals surface area contributed by atoms with Crippen molar-refractivity contribution < 1.29 is 24.2 Å². The maximum Gasteiger partial charge on any atom is 0.410 e. The van der Waals surface area contributed by atoms with Gasteiger partial charge in [0.05, 0.1) is 18.6 Å². The number of hydrogen-bond acceptors (Lipinski definition) is 5. The van der Waals surface area contributed by atoms with Gasteiger partial charge in [-0.05, 0) is 39.2 Å². The molecule has 0 spiro atoms. The number of β-amino-alcohol motifs (C(OH)–C–C–N with tert-alkyl or cyclic N) is 1. The van der Waals surface area contributed by atoms with Gasteiger partial charge in [0.1, 0.15) is 17.8 Å². The number of alkyl carbamates (subject to hydrolysis) is 1. The molecule has 2 N–H and O–H groups in total. The first kappa shape index (κ1) is 28.4. The van der Waals surface area contributed by atoms with E-state index >= 15 is 0 Å². The fourth-order valence-corrected chi connectivity index (χ4v) is 4.35. The van der Waals surface area contributed by atoms with Gasteiger partial charge in [-0.15, -0.1) is 0 Å². The molecular weight excluding hydrogens is 568 g/mol. The van der Waals surface area contributed by atoms with Gasteiger partial charge in [0.25, 0.3) is 0 Å². The van der Waals surface area contributed by atoms with Gasteiger partial charge in [0, 0.05) is 10.7 Å². The van der Waals surface area contributed by atoms with Crippen LogP contribution in [-0.4, -0.2) is 62.7 Å². The molecule has 34 heavy (non-hydrogen) atoms. The molecule has 0 aliphatic carbocycles. The van der Waals surface area contributed by atoms with E-state index in [1.54, 1.807) is 20.8 Å². The summed E-state index contributed by atoms with van der Waals surface area (Å²) < 4.78 is 11.0. The standard InChI is InChI=1S/C25H34Br2N2O5/c1-24(2,3)34-22(30)28-21-20(13-7-9-15-26)29(18-25(21,32)14-8-10-16-27)23(31)33-17-19-11-5-4-6-12-19/h4-12,20-21,32H,13-18H2,1-3H3,(H,28,30)/b9-7+,10-8+. The highest BCUT2D eigenvalue weighted by Gasteiger charge is 2.53. The van der Waals surface area contributed by atoms with Crippen LogP contribution in [0, 0.1) is 0 Å². The van der Waals surface area contributed by atoms with Gasteiger partial charge in [-0.1, -0.05) is 86.5 Å². The smallest absolute Gasteiger partial charge is 0.410 e. The maximum atomic E-state index is 13.1. The van der Waals surface area contributed by atoms with Crippen LogP contribution in [0.25, 0.3) is 0 Å². The fraction of sp³-hybridized carbons (Fsp3) is 0.520. The largest absolute Gasteiger partial charge is 0.445 e. The number of halogens is 2. The lowest BCUT2D eigenvalue weighted by Crippen LogP contribution is -2.55. The van der Waals surface area contributed by atoms with Crippen molar-refractivity contribution in [1.82, 2.24) is 10.2 Å². The van der Waals surface area contributed by atoms with Crippen LogP contribution in [-0.2, 0) is 16.1 Å². The van der Waals surface area contributed by atoms with Gasteiger partial charge < -0.3 is 19.9 Å². The summed E-state index contributed by atoms with van der Waals surface area (Å²) in [6.45, 7) is 5.45. The third kappa shape index (κ3) is 8.74. The minimum Gasteiger partial charge on any atom is -0.445 e. The molecule has 3 atom stereocenters. The van der Waals surface area contributed by atoms with Crippen LogP contribution in [0.2, 0.25) is 0 Å². The van der Waals surface area contributed by atoms with E-state index in [0.717, 1.165) is 5.56 Å². The zero-order chi connectivity index (χ0) is 25.2. The number of hydrogen-bond donors (Lipinski definition) is 2. The van der Waals surface area contributed by atoms with Crippen molar-refractivity contribution in [2.24, 2.45) is 0 Å². The number of amides is 2. The number of carbonyl (C=O) groups excluding carboxylic acids is 2. The fourth-order valence-electron chi connectivity index (χ4n) is 3.82. The topological polar surface area (TPSA) is 88.1 Å². The van der Waals surface area contributed by atoms with Crippen LogP contribution in [0.3, 0.4) is 0 Å². The molecule has 9 heteroatoms. The Hall–Kier alpha value is -1.84. The third-order valence-electron chi connectivity index (χ3n) is 5.28. The Morgan fingerprint density at radius 2 is 1.79 bits per heavy atom. The second-order valence-corrected chi connectivity index (χ2v) is 10.4. The summed E-state index contributed by atoms with van der Waals surface area (Å²) in [5.74, 6) is 0. The lowest BCUT2D eigenvalue weighted by Gasteiger charge is -2.32. The Labute approximate surface area is 218 Å². The number of ether oxygens (including phenoxy) is 2. The van der Waals surface area contributed by atoms with Crippen molar-refractivity contribution in [1.29, 1.82) is 0 Å².